The van der Waals surface area contributed by atoms with Crippen molar-refractivity contribution in [1.82, 2.24) is 30.1 Å². The molecule has 0 radical (unpaired) electrons. The highest BCUT2D eigenvalue weighted by Crippen LogP contribution is 2.35. The summed E-state index contributed by atoms with van der Waals surface area (Å²) in [5.41, 5.74) is 2.26. The van der Waals surface area contributed by atoms with Gasteiger partial charge in [0.05, 0.1) is 0 Å². The van der Waals surface area contributed by atoms with Gasteiger partial charge in [-0.05, 0) is 42.9 Å². The fourth-order valence-corrected chi connectivity index (χ4v) is 5.41. The predicted molar refractivity (Wildman–Crippen MR) is 137 cm³/mol. The van der Waals surface area contributed by atoms with E-state index in [-0.39, 0.29) is 11.8 Å². The number of aromatic amines is 1. The van der Waals surface area contributed by atoms with Crippen LogP contribution < -0.4 is 5.32 Å². The van der Waals surface area contributed by atoms with Crippen LogP contribution in [0.25, 0.3) is 11.4 Å². The Balaban J connectivity index is 1.31. The molecule has 188 valence electrons. The van der Waals surface area contributed by atoms with Crippen LogP contribution in [-0.4, -0.2) is 61.2 Å². The third-order valence-corrected chi connectivity index (χ3v) is 7.36. The molecule has 2 N–H and O–H groups in total. The van der Waals surface area contributed by atoms with E-state index in [0.717, 1.165) is 42.3 Å². The molecule has 0 saturated carbocycles. The Morgan fingerprint density at radius 1 is 1.03 bits per heavy atom. The molecule has 36 heavy (non-hydrogen) atoms. The van der Waals surface area contributed by atoms with E-state index in [1.165, 1.54) is 0 Å². The Labute approximate surface area is 212 Å². The van der Waals surface area contributed by atoms with Gasteiger partial charge in [0.2, 0.25) is 11.8 Å². The summed E-state index contributed by atoms with van der Waals surface area (Å²) in [5, 5.41) is 3.08. The predicted octanol–water partition coefficient (Wildman–Crippen LogP) is 3.38. The largest absolute Gasteiger partial charge is 0.342 e. The summed E-state index contributed by atoms with van der Waals surface area (Å²) in [5.74, 6) is 1.17. The monoisotopic (exact) mass is 486 g/mol. The number of amides is 2. The lowest BCUT2D eigenvalue weighted by molar-refractivity contribution is -0.162. The van der Waals surface area contributed by atoms with Crippen molar-refractivity contribution in [2.75, 3.05) is 13.1 Å². The maximum absolute atomic E-state index is 13.7. The van der Waals surface area contributed by atoms with Gasteiger partial charge in [-0.25, -0.2) is 4.98 Å². The zero-order valence-corrected chi connectivity index (χ0v) is 21.0. The van der Waals surface area contributed by atoms with Crippen LogP contribution in [0.3, 0.4) is 0 Å². The third kappa shape index (κ3) is 4.91. The maximum atomic E-state index is 13.7. The summed E-state index contributed by atoms with van der Waals surface area (Å²) in [6, 6.07) is 13.4. The Kier molecular flexibility index (Phi) is 6.87. The Morgan fingerprint density at radius 3 is 2.44 bits per heavy atom. The summed E-state index contributed by atoms with van der Waals surface area (Å²) in [7, 11) is 0. The number of likely N-dealkylation sites (tertiary alicyclic amines) is 1. The quantitative estimate of drug-likeness (QED) is 0.534. The fraction of sp³-hybridized carbons (Fsp3) is 0.429. The summed E-state index contributed by atoms with van der Waals surface area (Å²) >= 11 is 0. The minimum atomic E-state index is -0.826. The van der Waals surface area contributed by atoms with Gasteiger partial charge >= 0.3 is 0 Å². The van der Waals surface area contributed by atoms with Crippen LogP contribution in [0.1, 0.15) is 44.4 Å². The smallest absolute Gasteiger partial charge is 0.246 e. The van der Waals surface area contributed by atoms with Crippen molar-refractivity contribution in [2.24, 2.45) is 5.92 Å². The van der Waals surface area contributed by atoms with Crippen LogP contribution >= 0.6 is 0 Å². The number of nitrogens with zero attached hydrogens (tertiary/aromatic N) is 4. The minimum Gasteiger partial charge on any atom is -0.342 e. The van der Waals surface area contributed by atoms with E-state index < -0.39 is 11.6 Å². The number of aromatic nitrogens is 3. The molecule has 1 spiro atoms. The van der Waals surface area contributed by atoms with Crippen LogP contribution in [0.4, 0.5) is 0 Å². The van der Waals surface area contributed by atoms with E-state index in [2.05, 4.69) is 39.0 Å². The molecule has 1 unspecified atom stereocenters. The van der Waals surface area contributed by atoms with E-state index in [0.29, 0.717) is 31.7 Å². The molecule has 4 heterocycles. The second-order valence-corrected chi connectivity index (χ2v) is 10.4. The molecule has 3 aromatic rings. The highest BCUT2D eigenvalue weighted by atomic mass is 16.2. The van der Waals surface area contributed by atoms with Crippen molar-refractivity contribution < 1.29 is 9.59 Å². The molecule has 5 rings (SSSR count). The number of piperidine rings is 1. The zero-order chi connectivity index (χ0) is 25.1. The van der Waals surface area contributed by atoms with Crippen molar-refractivity contribution >= 4 is 11.8 Å². The van der Waals surface area contributed by atoms with E-state index in [4.69, 9.17) is 0 Å². The number of rotatable bonds is 7. The molecule has 2 fully saturated rings. The molecule has 8 nitrogen and oxygen atoms in total. The van der Waals surface area contributed by atoms with Gasteiger partial charge in [0.25, 0.3) is 0 Å². The molecular formula is C28H34N6O2. The van der Waals surface area contributed by atoms with Crippen LogP contribution in [0.2, 0.25) is 0 Å². The summed E-state index contributed by atoms with van der Waals surface area (Å²) in [4.78, 5) is 43.5. The Bertz CT molecular complexity index is 1190. The molecule has 2 aliphatic heterocycles. The van der Waals surface area contributed by atoms with Gasteiger partial charge in [0.1, 0.15) is 17.4 Å². The van der Waals surface area contributed by atoms with Gasteiger partial charge in [-0.3, -0.25) is 19.5 Å². The molecule has 1 atom stereocenters. The maximum Gasteiger partial charge on any atom is 0.246 e. The number of nitrogens with one attached hydrogen (secondary N) is 2. The molecule has 1 aromatic carbocycles. The average molecular weight is 487 g/mol. The van der Waals surface area contributed by atoms with E-state index in [9.17, 15) is 9.59 Å². The van der Waals surface area contributed by atoms with Crippen LogP contribution in [0, 0.1) is 5.92 Å². The van der Waals surface area contributed by atoms with Gasteiger partial charge in [-0.2, -0.15) is 0 Å². The molecule has 8 heteroatoms. The lowest BCUT2D eigenvalue weighted by Gasteiger charge is -2.51. The lowest BCUT2D eigenvalue weighted by atomic mass is 9.80. The molecule has 2 aliphatic rings. The van der Waals surface area contributed by atoms with Crippen LogP contribution in [-0.2, 0) is 22.7 Å². The van der Waals surface area contributed by atoms with Gasteiger partial charge in [-0.15, -0.1) is 0 Å². The first-order valence-electron chi connectivity index (χ1n) is 12.8. The number of pyridine rings is 1. The third-order valence-electron chi connectivity index (χ3n) is 7.36. The molecule has 0 aliphatic carbocycles. The fourth-order valence-electron chi connectivity index (χ4n) is 5.41. The van der Waals surface area contributed by atoms with Gasteiger partial charge in [0, 0.05) is 56.0 Å². The summed E-state index contributed by atoms with van der Waals surface area (Å²) in [6.45, 7) is 6.75. The molecular weight excluding hydrogens is 452 g/mol. The van der Waals surface area contributed by atoms with E-state index in [1.807, 2.05) is 53.6 Å². The van der Waals surface area contributed by atoms with Crippen molar-refractivity contribution in [2.45, 2.75) is 57.8 Å². The number of H-pyrrole nitrogens is 1. The SMILES string of the molecule is CC(C)CC1NC(=O)C2(CCN(Cc3cnc(-c4ccccc4)[nH]3)CC2)N(Cc2ccncc2)C1=O. The number of benzene rings is 1. The summed E-state index contributed by atoms with van der Waals surface area (Å²) < 4.78 is 0. The van der Waals surface area contributed by atoms with Crippen LogP contribution in [0.15, 0.2) is 61.1 Å². The highest BCUT2D eigenvalue weighted by molar-refractivity contribution is 6.00. The number of imidazole rings is 1. The van der Waals surface area contributed by atoms with E-state index >= 15 is 0 Å². The van der Waals surface area contributed by atoms with Gasteiger partial charge in [-0.1, -0.05) is 44.2 Å². The second kappa shape index (κ2) is 10.2. The Hall–Kier alpha value is -3.52. The highest BCUT2D eigenvalue weighted by Gasteiger charge is 2.53. The van der Waals surface area contributed by atoms with Gasteiger partial charge < -0.3 is 15.2 Å². The van der Waals surface area contributed by atoms with Crippen molar-refractivity contribution in [1.29, 1.82) is 0 Å². The van der Waals surface area contributed by atoms with E-state index in [1.54, 1.807) is 12.4 Å². The minimum absolute atomic E-state index is 0.0191. The number of piperazine rings is 1. The number of hydrogen-bond acceptors (Lipinski definition) is 5. The molecule has 2 amide bonds. The number of hydrogen-bond donors (Lipinski definition) is 2. The average Bonchev–Trinajstić information content (AvgIpc) is 3.36. The molecule has 2 saturated heterocycles. The normalized spacial score (nSPS) is 20.2. The standard InChI is InChI=1S/C28H34N6O2/c1-20(2)16-24-26(35)34(18-21-8-12-29-13-9-21)28(27(36)32-24)10-14-33(15-11-28)19-23-17-30-25(31-23)22-6-4-3-5-7-22/h3-9,12-13,17,20,24H,10-11,14-16,18-19H2,1-2H3,(H,30,31)(H,32,36). The van der Waals surface area contributed by atoms with Crippen molar-refractivity contribution in [3.8, 4) is 11.4 Å². The van der Waals surface area contributed by atoms with Crippen LogP contribution in [0.5, 0.6) is 0 Å². The second-order valence-electron chi connectivity index (χ2n) is 10.4. The lowest BCUT2D eigenvalue weighted by Crippen LogP contribution is -2.72. The Morgan fingerprint density at radius 2 is 1.75 bits per heavy atom. The first kappa shape index (κ1) is 24.2. The van der Waals surface area contributed by atoms with Crippen molar-refractivity contribution in [3.05, 3.63) is 72.3 Å². The topological polar surface area (TPSA) is 94.2 Å². The number of carbonyl (C=O) groups is 2. The molecule has 2 aromatic heterocycles. The van der Waals surface area contributed by atoms with Gasteiger partial charge in [0.15, 0.2) is 0 Å². The van der Waals surface area contributed by atoms with Crippen molar-refractivity contribution in [3.63, 3.8) is 0 Å². The molecule has 0 bridgehead atoms. The first-order valence-corrected chi connectivity index (χ1v) is 12.8. The zero-order valence-electron chi connectivity index (χ0n) is 21.0. The summed E-state index contributed by atoms with van der Waals surface area (Å²) in [6.07, 6.45) is 7.20. The number of carbonyl (C=O) groups excluding carboxylic acids is 2. The first-order chi connectivity index (χ1) is 17.4.